The van der Waals surface area contributed by atoms with Crippen molar-refractivity contribution in [2.75, 3.05) is 51.0 Å². The second kappa shape index (κ2) is 11.0. The first-order valence-electron chi connectivity index (χ1n) is 11.9. The van der Waals surface area contributed by atoms with Gasteiger partial charge in [-0.25, -0.2) is 13.4 Å². The molecule has 0 spiro atoms. The predicted octanol–water partition coefficient (Wildman–Crippen LogP) is 4.14. The number of anilines is 2. The lowest BCUT2D eigenvalue weighted by atomic mass is 10.0. The van der Waals surface area contributed by atoms with Gasteiger partial charge in [-0.2, -0.15) is 9.29 Å². The molecular weight excluding hydrogens is 526 g/mol. The second-order valence-electron chi connectivity index (χ2n) is 8.91. The number of aryl methyl sites for hydroxylation is 1. The highest BCUT2D eigenvalue weighted by atomic mass is 35.5. The summed E-state index contributed by atoms with van der Waals surface area (Å²) in [7, 11) is -0.505. The van der Waals surface area contributed by atoms with Gasteiger partial charge in [0, 0.05) is 37.6 Å². The van der Waals surface area contributed by atoms with Crippen molar-refractivity contribution in [3.63, 3.8) is 0 Å². The Balaban J connectivity index is 0.00000336. The fourth-order valence-corrected chi connectivity index (χ4v) is 5.87. The van der Waals surface area contributed by atoms with E-state index in [-0.39, 0.29) is 17.3 Å². The average molecular weight is 556 g/mol. The van der Waals surface area contributed by atoms with Gasteiger partial charge in [0.25, 0.3) is 0 Å². The van der Waals surface area contributed by atoms with Crippen molar-refractivity contribution < 1.29 is 17.9 Å². The van der Waals surface area contributed by atoms with Crippen molar-refractivity contribution in [3.05, 3.63) is 66.2 Å². The minimum atomic E-state index is -3.62. The fourth-order valence-electron chi connectivity index (χ4n) is 4.45. The third-order valence-electron chi connectivity index (χ3n) is 6.62. The van der Waals surface area contributed by atoms with Crippen LogP contribution in [-0.2, 0) is 10.0 Å². The molecule has 4 aromatic rings. The predicted molar refractivity (Wildman–Crippen MR) is 152 cm³/mol. The normalized spacial score (nSPS) is 14.2. The molecule has 3 aromatic carbocycles. The summed E-state index contributed by atoms with van der Waals surface area (Å²) in [4.78, 5) is 11.4. The number of piperazine rings is 1. The highest BCUT2D eigenvalue weighted by Gasteiger charge is 2.29. The zero-order chi connectivity index (χ0) is 26.2. The summed E-state index contributed by atoms with van der Waals surface area (Å²) in [6.45, 7) is 3.55. The lowest BCUT2D eigenvalue weighted by molar-refractivity contribution is 0.356. The first-order valence-corrected chi connectivity index (χ1v) is 13.4. The molecule has 1 saturated heterocycles. The largest absolute Gasteiger partial charge is 0.493 e. The molecule has 200 valence electrons. The molecule has 1 fully saturated rings. The molecular formula is C27H30ClN5O4S. The third-order valence-corrected chi connectivity index (χ3v) is 8.53. The molecule has 0 radical (unpaired) electrons. The van der Waals surface area contributed by atoms with E-state index in [1.54, 1.807) is 38.5 Å². The SMILES string of the molecule is COc1cc2nc(N3CCN(S(=O)(=O)c4ccc(-c5ccc(C)cc5)cc4)CC3)nc(N)c2cc1OC.Cl. The molecule has 1 aromatic heterocycles. The van der Waals surface area contributed by atoms with Crippen molar-refractivity contribution in [2.24, 2.45) is 0 Å². The Bertz CT molecular complexity index is 1540. The Morgan fingerprint density at radius 1 is 0.816 bits per heavy atom. The van der Waals surface area contributed by atoms with Crippen LogP contribution < -0.4 is 20.1 Å². The molecule has 2 N–H and O–H groups in total. The molecule has 5 rings (SSSR count). The third kappa shape index (κ3) is 5.20. The zero-order valence-corrected chi connectivity index (χ0v) is 23.1. The first kappa shape index (κ1) is 27.4. The number of hydrogen-bond acceptors (Lipinski definition) is 8. The minimum absolute atomic E-state index is 0. The number of halogens is 1. The quantitative estimate of drug-likeness (QED) is 0.378. The number of sulfonamides is 1. The molecule has 0 aliphatic carbocycles. The zero-order valence-electron chi connectivity index (χ0n) is 21.4. The van der Waals surface area contributed by atoms with Gasteiger partial charge >= 0.3 is 0 Å². The number of ether oxygens (including phenoxy) is 2. The van der Waals surface area contributed by atoms with E-state index in [1.165, 1.54) is 9.87 Å². The Morgan fingerprint density at radius 3 is 1.95 bits per heavy atom. The summed E-state index contributed by atoms with van der Waals surface area (Å²) in [5.74, 6) is 1.87. The smallest absolute Gasteiger partial charge is 0.243 e. The maximum atomic E-state index is 13.3. The Kier molecular flexibility index (Phi) is 7.96. The number of nitrogens with zero attached hydrogens (tertiary/aromatic N) is 4. The van der Waals surface area contributed by atoms with Crippen molar-refractivity contribution >= 4 is 45.1 Å². The van der Waals surface area contributed by atoms with E-state index in [9.17, 15) is 8.42 Å². The van der Waals surface area contributed by atoms with Crippen LogP contribution in [0.25, 0.3) is 22.0 Å². The summed E-state index contributed by atoms with van der Waals surface area (Å²) in [6, 6.07) is 18.7. The van der Waals surface area contributed by atoms with E-state index in [0.717, 1.165) is 11.1 Å². The lowest BCUT2D eigenvalue weighted by Crippen LogP contribution is -2.49. The van der Waals surface area contributed by atoms with E-state index in [1.807, 2.05) is 48.2 Å². The van der Waals surface area contributed by atoms with E-state index in [2.05, 4.69) is 9.97 Å². The van der Waals surface area contributed by atoms with Crippen LogP contribution >= 0.6 is 12.4 Å². The monoisotopic (exact) mass is 555 g/mol. The number of nitrogens with two attached hydrogens (primary N) is 1. The minimum Gasteiger partial charge on any atom is -0.493 e. The maximum Gasteiger partial charge on any atom is 0.243 e. The maximum absolute atomic E-state index is 13.3. The van der Waals surface area contributed by atoms with Gasteiger partial charge in [-0.3, -0.25) is 0 Å². The highest BCUT2D eigenvalue weighted by Crippen LogP contribution is 2.34. The summed E-state index contributed by atoms with van der Waals surface area (Å²) < 4.78 is 38.9. The van der Waals surface area contributed by atoms with Crippen LogP contribution in [0.1, 0.15) is 5.56 Å². The standard InChI is InChI=1S/C27H29N5O4S.ClH/c1-18-4-6-19(7-5-18)20-8-10-21(11-9-20)37(33,34)32-14-12-31(13-15-32)27-29-23-17-25(36-3)24(35-2)16-22(23)26(28)30-27;/h4-11,16-17H,12-15H2,1-3H3,(H2,28,29,30);1H. The number of benzene rings is 3. The fraction of sp³-hybridized carbons (Fsp3) is 0.259. The number of fused-ring (bicyclic) bond motifs is 1. The molecule has 1 aliphatic rings. The first-order chi connectivity index (χ1) is 17.8. The Morgan fingerprint density at radius 2 is 1.37 bits per heavy atom. The number of aromatic nitrogens is 2. The molecule has 1 aliphatic heterocycles. The average Bonchev–Trinajstić information content (AvgIpc) is 2.93. The van der Waals surface area contributed by atoms with Crippen LogP contribution in [0.5, 0.6) is 11.5 Å². The number of hydrogen-bond donors (Lipinski definition) is 1. The topological polar surface area (TPSA) is 111 Å². The van der Waals surface area contributed by atoms with Crippen molar-refractivity contribution in [1.29, 1.82) is 0 Å². The van der Waals surface area contributed by atoms with Gasteiger partial charge in [0.15, 0.2) is 11.5 Å². The lowest BCUT2D eigenvalue weighted by Gasteiger charge is -2.34. The van der Waals surface area contributed by atoms with Crippen LogP contribution in [0.2, 0.25) is 0 Å². The summed E-state index contributed by atoms with van der Waals surface area (Å²) in [5, 5.41) is 0.664. The van der Waals surface area contributed by atoms with Crippen LogP contribution in [0, 0.1) is 6.92 Å². The van der Waals surface area contributed by atoms with Crippen LogP contribution in [-0.4, -0.2) is 63.1 Å². The summed E-state index contributed by atoms with van der Waals surface area (Å²) in [5.41, 5.74) is 10.1. The van der Waals surface area contributed by atoms with Crippen LogP contribution in [0.15, 0.2) is 65.6 Å². The van der Waals surface area contributed by atoms with Gasteiger partial charge in [0.1, 0.15) is 5.82 Å². The molecule has 0 amide bonds. The Labute approximate surface area is 228 Å². The molecule has 0 unspecified atom stereocenters. The number of nitrogen functional groups attached to an aromatic ring is 1. The molecule has 38 heavy (non-hydrogen) atoms. The highest BCUT2D eigenvalue weighted by molar-refractivity contribution is 7.89. The number of rotatable bonds is 6. The summed E-state index contributed by atoms with van der Waals surface area (Å²) >= 11 is 0. The van der Waals surface area contributed by atoms with Crippen molar-refractivity contribution in [3.8, 4) is 22.6 Å². The van der Waals surface area contributed by atoms with E-state index < -0.39 is 10.0 Å². The van der Waals surface area contributed by atoms with Crippen LogP contribution in [0.3, 0.4) is 0 Å². The van der Waals surface area contributed by atoms with Crippen molar-refractivity contribution in [1.82, 2.24) is 14.3 Å². The molecule has 11 heteroatoms. The van der Waals surface area contributed by atoms with Gasteiger partial charge in [-0.05, 0) is 36.2 Å². The Hall–Kier alpha value is -3.60. The molecule has 0 atom stereocenters. The second-order valence-corrected chi connectivity index (χ2v) is 10.9. The molecule has 9 nitrogen and oxygen atoms in total. The summed E-state index contributed by atoms with van der Waals surface area (Å²) in [6.07, 6.45) is 0. The van der Waals surface area contributed by atoms with Gasteiger partial charge in [0.05, 0.1) is 24.6 Å². The number of methoxy groups -OCH3 is 2. The van der Waals surface area contributed by atoms with Crippen molar-refractivity contribution in [2.45, 2.75) is 11.8 Å². The van der Waals surface area contributed by atoms with Gasteiger partial charge in [-0.1, -0.05) is 42.0 Å². The van der Waals surface area contributed by atoms with Gasteiger partial charge in [-0.15, -0.1) is 12.4 Å². The van der Waals surface area contributed by atoms with Gasteiger partial charge in [0.2, 0.25) is 16.0 Å². The van der Waals surface area contributed by atoms with E-state index in [0.29, 0.717) is 60.3 Å². The van der Waals surface area contributed by atoms with E-state index >= 15 is 0 Å². The molecule has 0 bridgehead atoms. The molecule has 2 heterocycles. The van der Waals surface area contributed by atoms with Gasteiger partial charge < -0.3 is 20.1 Å². The van der Waals surface area contributed by atoms with Crippen LogP contribution in [0.4, 0.5) is 11.8 Å². The van der Waals surface area contributed by atoms with E-state index in [4.69, 9.17) is 15.2 Å². The molecule has 0 saturated carbocycles.